The van der Waals surface area contributed by atoms with Crippen molar-refractivity contribution in [2.24, 2.45) is 5.84 Å². The number of nitrogens with one attached hydrogen (secondary N) is 2. The number of nitrogens with two attached hydrogens (primary N) is 1. The van der Waals surface area contributed by atoms with Crippen molar-refractivity contribution in [1.29, 1.82) is 0 Å². The summed E-state index contributed by atoms with van der Waals surface area (Å²) in [5.74, 6) is 5.25. The highest BCUT2D eigenvalue weighted by atomic mass is 32.1. The van der Waals surface area contributed by atoms with Crippen LogP contribution in [0.15, 0.2) is 18.2 Å². The summed E-state index contributed by atoms with van der Waals surface area (Å²) in [5, 5.41) is 3.56. The lowest BCUT2D eigenvalue weighted by molar-refractivity contribution is 0.102. The number of thiazole rings is 1. The molecule has 0 aliphatic heterocycles. The van der Waals surface area contributed by atoms with Gasteiger partial charge in [-0.1, -0.05) is 0 Å². The molecular formula is C14H16N4OS. The van der Waals surface area contributed by atoms with Gasteiger partial charge in [0.2, 0.25) is 0 Å². The first-order valence-corrected chi connectivity index (χ1v) is 7.36. The average Bonchev–Trinajstić information content (AvgIpc) is 2.99. The van der Waals surface area contributed by atoms with E-state index in [-0.39, 0.29) is 5.91 Å². The fourth-order valence-electron chi connectivity index (χ4n) is 2.38. The zero-order chi connectivity index (χ0) is 14.1. The van der Waals surface area contributed by atoms with Crippen molar-refractivity contribution >= 4 is 28.1 Å². The van der Waals surface area contributed by atoms with Crippen molar-refractivity contribution < 1.29 is 4.79 Å². The molecule has 0 radical (unpaired) electrons. The number of aromatic nitrogens is 1. The molecule has 1 heterocycles. The van der Waals surface area contributed by atoms with Crippen LogP contribution in [0, 0.1) is 6.92 Å². The van der Waals surface area contributed by atoms with Crippen molar-refractivity contribution in [3.8, 4) is 0 Å². The van der Waals surface area contributed by atoms with Crippen LogP contribution in [0.3, 0.4) is 0 Å². The standard InChI is InChI=1S/C14H16N4OS/c1-8-7-9(5-6-10(8)18-15)13(19)17-14-16-11-3-2-4-12(11)20-14/h5-7,18H,2-4,15H2,1H3,(H,16,17,19). The highest BCUT2D eigenvalue weighted by Gasteiger charge is 2.18. The van der Waals surface area contributed by atoms with Gasteiger partial charge in [-0.15, -0.1) is 11.3 Å². The number of hydrogen-bond acceptors (Lipinski definition) is 5. The van der Waals surface area contributed by atoms with Gasteiger partial charge >= 0.3 is 0 Å². The third kappa shape index (κ3) is 2.39. The first kappa shape index (κ1) is 13.1. The highest BCUT2D eigenvalue weighted by Crippen LogP contribution is 2.30. The predicted octanol–water partition coefficient (Wildman–Crippen LogP) is 2.48. The molecule has 3 rings (SSSR count). The lowest BCUT2D eigenvalue weighted by Gasteiger charge is -2.07. The maximum atomic E-state index is 12.2. The molecular weight excluding hydrogens is 272 g/mol. The quantitative estimate of drug-likeness (QED) is 0.599. The van der Waals surface area contributed by atoms with Gasteiger partial charge in [0.1, 0.15) is 0 Å². The van der Waals surface area contributed by atoms with Gasteiger partial charge in [0, 0.05) is 10.4 Å². The van der Waals surface area contributed by atoms with Crippen molar-refractivity contribution in [2.75, 3.05) is 10.7 Å². The van der Waals surface area contributed by atoms with E-state index in [9.17, 15) is 4.79 Å². The smallest absolute Gasteiger partial charge is 0.257 e. The Labute approximate surface area is 121 Å². The van der Waals surface area contributed by atoms with E-state index in [1.54, 1.807) is 23.5 Å². The number of anilines is 2. The Morgan fingerprint density at radius 1 is 1.40 bits per heavy atom. The van der Waals surface area contributed by atoms with Crippen LogP contribution in [0.2, 0.25) is 0 Å². The first-order chi connectivity index (χ1) is 9.67. The van der Waals surface area contributed by atoms with Crippen LogP contribution in [0.5, 0.6) is 0 Å². The summed E-state index contributed by atoms with van der Waals surface area (Å²) in [5.41, 5.74) is 6.09. The number of aryl methyl sites for hydroxylation is 3. The highest BCUT2D eigenvalue weighted by molar-refractivity contribution is 7.15. The summed E-state index contributed by atoms with van der Waals surface area (Å²) in [4.78, 5) is 18.0. The van der Waals surface area contributed by atoms with Crippen LogP contribution in [0.1, 0.15) is 32.9 Å². The van der Waals surface area contributed by atoms with Gasteiger partial charge < -0.3 is 5.43 Å². The lowest BCUT2D eigenvalue weighted by atomic mass is 10.1. The molecule has 1 aliphatic rings. The van der Waals surface area contributed by atoms with Crippen LogP contribution in [0.25, 0.3) is 0 Å². The Balaban J connectivity index is 1.77. The molecule has 1 aromatic carbocycles. The van der Waals surface area contributed by atoms with E-state index in [1.807, 2.05) is 13.0 Å². The monoisotopic (exact) mass is 288 g/mol. The van der Waals surface area contributed by atoms with Crippen molar-refractivity contribution in [3.05, 3.63) is 39.9 Å². The minimum atomic E-state index is -0.135. The van der Waals surface area contributed by atoms with Crippen LogP contribution < -0.4 is 16.6 Å². The van der Waals surface area contributed by atoms with Crippen LogP contribution in [-0.2, 0) is 12.8 Å². The van der Waals surface area contributed by atoms with E-state index in [0.29, 0.717) is 10.7 Å². The SMILES string of the molecule is Cc1cc(C(=O)Nc2nc3c(s2)CCC3)ccc1NN. The number of nitrogens with zero attached hydrogens (tertiary/aromatic N) is 1. The Morgan fingerprint density at radius 3 is 2.95 bits per heavy atom. The van der Waals surface area contributed by atoms with E-state index in [1.165, 1.54) is 11.3 Å². The van der Waals surface area contributed by atoms with Crippen LogP contribution >= 0.6 is 11.3 Å². The molecule has 6 heteroatoms. The molecule has 20 heavy (non-hydrogen) atoms. The van der Waals surface area contributed by atoms with Gasteiger partial charge in [-0.2, -0.15) is 0 Å². The topological polar surface area (TPSA) is 80.0 Å². The maximum absolute atomic E-state index is 12.2. The van der Waals surface area contributed by atoms with Gasteiger partial charge in [0.05, 0.1) is 11.4 Å². The van der Waals surface area contributed by atoms with Gasteiger partial charge in [-0.3, -0.25) is 16.0 Å². The molecule has 0 bridgehead atoms. The summed E-state index contributed by atoms with van der Waals surface area (Å²) in [6.07, 6.45) is 3.28. The number of nitrogen functional groups attached to an aromatic ring is 1. The van der Waals surface area contributed by atoms with Gasteiger partial charge in [0.25, 0.3) is 5.91 Å². The second kappa shape index (κ2) is 5.22. The summed E-state index contributed by atoms with van der Waals surface area (Å²) < 4.78 is 0. The molecule has 2 aromatic rings. The third-order valence-corrected chi connectivity index (χ3v) is 4.53. The van der Waals surface area contributed by atoms with Crippen molar-refractivity contribution in [3.63, 3.8) is 0 Å². The van der Waals surface area contributed by atoms with E-state index in [4.69, 9.17) is 5.84 Å². The van der Waals surface area contributed by atoms with Crippen molar-refractivity contribution in [2.45, 2.75) is 26.2 Å². The minimum Gasteiger partial charge on any atom is -0.324 e. The molecule has 104 valence electrons. The number of fused-ring (bicyclic) bond motifs is 1. The lowest BCUT2D eigenvalue weighted by Crippen LogP contribution is -2.13. The summed E-state index contributed by atoms with van der Waals surface area (Å²) in [6, 6.07) is 5.36. The van der Waals surface area contributed by atoms with E-state index < -0.39 is 0 Å². The maximum Gasteiger partial charge on any atom is 0.257 e. The molecule has 1 aromatic heterocycles. The number of hydrogen-bond donors (Lipinski definition) is 3. The number of benzene rings is 1. The second-order valence-corrected chi connectivity index (χ2v) is 5.95. The number of carbonyl (C=O) groups excluding carboxylic acids is 1. The van der Waals surface area contributed by atoms with Crippen LogP contribution in [-0.4, -0.2) is 10.9 Å². The zero-order valence-electron chi connectivity index (χ0n) is 11.2. The summed E-state index contributed by atoms with van der Waals surface area (Å²) in [6.45, 7) is 1.91. The Bertz CT molecular complexity index is 644. The number of hydrazine groups is 1. The van der Waals surface area contributed by atoms with Crippen molar-refractivity contribution in [1.82, 2.24) is 4.98 Å². The molecule has 0 saturated carbocycles. The number of rotatable bonds is 3. The molecule has 4 N–H and O–H groups in total. The minimum absolute atomic E-state index is 0.135. The van der Waals surface area contributed by atoms with Gasteiger partial charge in [0.15, 0.2) is 5.13 Å². The molecule has 1 aliphatic carbocycles. The largest absolute Gasteiger partial charge is 0.324 e. The predicted molar refractivity (Wildman–Crippen MR) is 81.1 cm³/mol. The fourth-order valence-corrected chi connectivity index (χ4v) is 3.42. The van der Waals surface area contributed by atoms with E-state index >= 15 is 0 Å². The van der Waals surface area contributed by atoms with Gasteiger partial charge in [-0.25, -0.2) is 4.98 Å². The average molecular weight is 288 g/mol. The molecule has 0 spiro atoms. The normalized spacial score (nSPS) is 13.1. The summed E-state index contributed by atoms with van der Waals surface area (Å²) >= 11 is 1.58. The zero-order valence-corrected chi connectivity index (χ0v) is 12.0. The Kier molecular flexibility index (Phi) is 3.42. The molecule has 1 amide bonds. The Morgan fingerprint density at radius 2 is 2.25 bits per heavy atom. The molecule has 0 saturated heterocycles. The van der Waals surface area contributed by atoms with Crippen LogP contribution in [0.4, 0.5) is 10.8 Å². The first-order valence-electron chi connectivity index (χ1n) is 6.54. The molecule has 0 unspecified atom stereocenters. The molecule has 0 atom stereocenters. The van der Waals surface area contributed by atoms with Gasteiger partial charge in [-0.05, 0) is 49.9 Å². The third-order valence-electron chi connectivity index (χ3n) is 3.46. The molecule has 0 fully saturated rings. The molecule has 5 nitrogen and oxygen atoms in total. The number of amides is 1. The fraction of sp³-hybridized carbons (Fsp3) is 0.286. The summed E-state index contributed by atoms with van der Waals surface area (Å²) in [7, 11) is 0. The second-order valence-electron chi connectivity index (χ2n) is 4.87. The van der Waals surface area contributed by atoms with E-state index in [2.05, 4.69) is 15.7 Å². The van der Waals surface area contributed by atoms with E-state index in [0.717, 1.165) is 29.8 Å². The Hall–Kier alpha value is -1.92. The number of carbonyl (C=O) groups is 1.